The van der Waals surface area contributed by atoms with Crippen LogP contribution in [0, 0.1) is 0 Å². The predicted molar refractivity (Wildman–Crippen MR) is 85.1 cm³/mol. The lowest BCUT2D eigenvalue weighted by Gasteiger charge is -2.23. The summed E-state index contributed by atoms with van der Waals surface area (Å²) in [5.74, 6) is 0.244. The van der Waals surface area contributed by atoms with Gasteiger partial charge in [0.2, 0.25) is 0 Å². The van der Waals surface area contributed by atoms with Gasteiger partial charge in [-0.1, -0.05) is 23.2 Å². The van der Waals surface area contributed by atoms with E-state index in [1.54, 1.807) is 0 Å². The van der Waals surface area contributed by atoms with Crippen LogP contribution in [0.15, 0.2) is 47.4 Å². The van der Waals surface area contributed by atoms with Crippen LogP contribution < -0.4 is 9.04 Å². The van der Waals surface area contributed by atoms with Crippen molar-refractivity contribution in [2.45, 2.75) is 11.4 Å². The van der Waals surface area contributed by atoms with Crippen LogP contribution in [0.1, 0.15) is 0 Å². The summed E-state index contributed by atoms with van der Waals surface area (Å²) in [5.41, 5.74) is -0.277. The van der Waals surface area contributed by atoms with Crippen molar-refractivity contribution in [3.8, 4) is 5.75 Å². The molecule has 0 radical (unpaired) electrons. The van der Waals surface area contributed by atoms with Crippen molar-refractivity contribution < 1.29 is 21.9 Å². The van der Waals surface area contributed by atoms with E-state index in [0.717, 1.165) is 18.2 Å². The lowest BCUT2D eigenvalue weighted by atomic mass is 10.3. The Morgan fingerprint density at radius 2 is 1.70 bits per heavy atom. The number of alkyl halides is 2. The minimum atomic E-state index is -4.48. The molecule has 2 rings (SSSR count). The van der Waals surface area contributed by atoms with E-state index in [-0.39, 0.29) is 25.7 Å². The molecule has 0 fully saturated rings. The average molecular weight is 382 g/mol. The lowest BCUT2D eigenvalue weighted by Crippen LogP contribution is -2.35. The molecule has 0 heterocycles. The molecular weight excluding hydrogens is 371 g/mol. The van der Waals surface area contributed by atoms with Gasteiger partial charge in [-0.2, -0.15) is 8.78 Å². The highest BCUT2D eigenvalue weighted by Crippen LogP contribution is 2.33. The smallest absolute Gasteiger partial charge is 0.328 e. The second-order valence-corrected chi connectivity index (χ2v) is 7.01. The predicted octanol–water partition coefficient (Wildman–Crippen LogP) is 4.42. The number of nitrogens with zero attached hydrogens (tertiary/aromatic N) is 1. The van der Waals surface area contributed by atoms with Crippen molar-refractivity contribution in [1.82, 2.24) is 0 Å². The van der Waals surface area contributed by atoms with E-state index < -0.39 is 16.6 Å². The summed E-state index contributed by atoms with van der Waals surface area (Å²) in [6, 6.07) is 8.50. The number of hydrogen-bond acceptors (Lipinski definition) is 3. The minimum Gasteiger partial charge on any atom is -0.495 e. The third-order valence-corrected chi connectivity index (χ3v) is 5.24. The van der Waals surface area contributed by atoms with Crippen LogP contribution in [0.4, 0.5) is 14.5 Å². The van der Waals surface area contributed by atoms with Crippen molar-refractivity contribution in [2.75, 3.05) is 11.4 Å². The zero-order chi connectivity index (χ0) is 17.2. The molecule has 2 aromatic rings. The SMILES string of the molecule is COc1ccc(N(C(F)F)S(=O)(=O)c2ccc(Cl)cc2)cc1Cl. The zero-order valence-corrected chi connectivity index (χ0v) is 14.0. The molecule has 0 aromatic heterocycles. The van der Waals surface area contributed by atoms with Crippen LogP contribution in [0.5, 0.6) is 5.75 Å². The Bertz CT molecular complexity index is 798. The summed E-state index contributed by atoms with van der Waals surface area (Å²) in [4.78, 5) is -0.311. The van der Waals surface area contributed by atoms with E-state index in [9.17, 15) is 17.2 Å². The molecule has 0 atom stereocenters. The maximum absolute atomic E-state index is 13.4. The van der Waals surface area contributed by atoms with Gasteiger partial charge in [-0.15, -0.1) is 0 Å². The first kappa shape index (κ1) is 17.8. The second-order valence-electron chi connectivity index (χ2n) is 4.35. The minimum absolute atomic E-state index is 0.0123. The maximum Gasteiger partial charge on any atom is 0.328 e. The van der Waals surface area contributed by atoms with Gasteiger partial charge in [-0.25, -0.2) is 12.7 Å². The van der Waals surface area contributed by atoms with Crippen molar-refractivity contribution in [3.05, 3.63) is 52.5 Å². The van der Waals surface area contributed by atoms with Gasteiger partial charge in [0.25, 0.3) is 10.0 Å². The molecule has 23 heavy (non-hydrogen) atoms. The summed E-state index contributed by atoms with van der Waals surface area (Å²) in [5, 5.41) is 0.307. The topological polar surface area (TPSA) is 46.6 Å². The van der Waals surface area contributed by atoms with E-state index in [1.807, 2.05) is 0 Å². The van der Waals surface area contributed by atoms with Crippen LogP contribution in [0.3, 0.4) is 0 Å². The van der Waals surface area contributed by atoms with Crippen LogP contribution >= 0.6 is 23.2 Å². The monoisotopic (exact) mass is 381 g/mol. The first-order chi connectivity index (χ1) is 10.8. The molecule has 0 saturated heterocycles. The van der Waals surface area contributed by atoms with Gasteiger partial charge < -0.3 is 4.74 Å². The van der Waals surface area contributed by atoms with Gasteiger partial charge in [0.15, 0.2) is 0 Å². The molecule has 0 spiro atoms. The molecule has 0 amide bonds. The second kappa shape index (κ2) is 6.90. The molecule has 0 aliphatic carbocycles. The Balaban J connectivity index is 2.53. The van der Waals surface area contributed by atoms with Crippen molar-refractivity contribution in [3.63, 3.8) is 0 Å². The number of anilines is 1. The van der Waals surface area contributed by atoms with Crippen LogP contribution in [-0.2, 0) is 10.0 Å². The Hall–Kier alpha value is -1.57. The number of halogens is 4. The van der Waals surface area contributed by atoms with Crippen LogP contribution in [-0.4, -0.2) is 22.1 Å². The highest BCUT2D eigenvalue weighted by atomic mass is 35.5. The number of methoxy groups -OCH3 is 1. The Morgan fingerprint density at radius 3 is 2.17 bits per heavy atom. The van der Waals surface area contributed by atoms with E-state index in [4.69, 9.17) is 27.9 Å². The van der Waals surface area contributed by atoms with Gasteiger partial charge in [0.05, 0.1) is 22.7 Å². The quantitative estimate of drug-likeness (QED) is 0.720. The fourth-order valence-corrected chi connectivity index (χ4v) is 3.55. The average Bonchev–Trinajstić information content (AvgIpc) is 2.47. The normalized spacial score (nSPS) is 11.6. The molecule has 4 nitrogen and oxygen atoms in total. The molecule has 2 aromatic carbocycles. The molecule has 0 N–H and O–H groups in total. The van der Waals surface area contributed by atoms with Crippen molar-refractivity contribution in [2.24, 2.45) is 0 Å². The number of sulfonamides is 1. The van der Waals surface area contributed by atoms with E-state index >= 15 is 0 Å². The molecule has 0 bridgehead atoms. The number of hydrogen-bond donors (Lipinski definition) is 0. The summed E-state index contributed by atoms with van der Waals surface area (Å²) < 4.78 is 56.7. The van der Waals surface area contributed by atoms with Crippen LogP contribution in [0.25, 0.3) is 0 Å². The van der Waals surface area contributed by atoms with Crippen molar-refractivity contribution in [1.29, 1.82) is 0 Å². The standard InChI is InChI=1S/C14H11Cl2F2NO3S/c1-22-13-7-4-10(8-12(13)16)19(14(17)18)23(20,21)11-5-2-9(15)3-6-11/h2-8,14H,1H3. The van der Waals surface area contributed by atoms with E-state index in [0.29, 0.717) is 5.02 Å². The lowest BCUT2D eigenvalue weighted by molar-refractivity contribution is 0.162. The molecule has 124 valence electrons. The molecular formula is C14H11Cl2F2NO3S. The summed E-state index contributed by atoms with van der Waals surface area (Å²) in [6.45, 7) is -3.29. The first-order valence-corrected chi connectivity index (χ1v) is 8.38. The number of ether oxygens (including phenoxy) is 1. The van der Waals surface area contributed by atoms with Crippen molar-refractivity contribution >= 4 is 38.9 Å². The molecule has 0 saturated carbocycles. The Morgan fingerprint density at radius 1 is 1.09 bits per heavy atom. The van der Waals surface area contributed by atoms with Crippen LogP contribution in [0.2, 0.25) is 10.0 Å². The summed E-state index contributed by atoms with van der Waals surface area (Å²) in [6.07, 6.45) is 0. The molecule has 0 aliphatic heterocycles. The maximum atomic E-state index is 13.4. The largest absolute Gasteiger partial charge is 0.495 e. The van der Waals surface area contributed by atoms with E-state index in [1.165, 1.54) is 31.4 Å². The third-order valence-electron chi connectivity index (χ3n) is 2.94. The summed E-state index contributed by atoms with van der Waals surface area (Å²) >= 11 is 11.6. The zero-order valence-electron chi connectivity index (χ0n) is 11.7. The Labute approximate surface area is 142 Å². The molecule has 0 aliphatic rings. The molecule has 0 unspecified atom stereocenters. The fourth-order valence-electron chi connectivity index (χ4n) is 1.87. The number of benzene rings is 2. The van der Waals surface area contributed by atoms with Gasteiger partial charge in [0, 0.05) is 5.02 Å². The van der Waals surface area contributed by atoms with Gasteiger partial charge in [-0.3, -0.25) is 0 Å². The Kier molecular flexibility index (Phi) is 5.33. The van der Waals surface area contributed by atoms with E-state index in [2.05, 4.69) is 0 Å². The molecule has 9 heteroatoms. The summed E-state index contributed by atoms with van der Waals surface area (Å²) in [7, 11) is -3.12. The van der Waals surface area contributed by atoms with Gasteiger partial charge in [0.1, 0.15) is 5.75 Å². The van der Waals surface area contributed by atoms with Gasteiger partial charge >= 0.3 is 6.55 Å². The highest BCUT2D eigenvalue weighted by Gasteiger charge is 2.32. The first-order valence-electron chi connectivity index (χ1n) is 6.19. The third kappa shape index (κ3) is 3.68. The fraction of sp³-hybridized carbons (Fsp3) is 0.143. The highest BCUT2D eigenvalue weighted by molar-refractivity contribution is 7.92. The van der Waals surface area contributed by atoms with Gasteiger partial charge in [-0.05, 0) is 42.5 Å². The number of rotatable bonds is 5.